The number of carbonyl (C=O) groups excluding carboxylic acids is 2. The zero-order valence-electron chi connectivity index (χ0n) is 14.0. The van der Waals surface area contributed by atoms with E-state index in [4.69, 9.17) is 9.36 Å². The van der Waals surface area contributed by atoms with E-state index in [0.717, 1.165) is 5.39 Å². The Bertz CT molecular complexity index is 872. The molecular formula is C17H18N4O4. The van der Waals surface area contributed by atoms with E-state index < -0.39 is 0 Å². The lowest BCUT2D eigenvalue weighted by atomic mass is 10.00. The molecule has 1 aromatic carbocycles. The third kappa shape index (κ3) is 2.63. The van der Waals surface area contributed by atoms with Crippen molar-refractivity contribution in [3.63, 3.8) is 0 Å². The second-order valence-electron chi connectivity index (χ2n) is 6.53. The number of amides is 2. The summed E-state index contributed by atoms with van der Waals surface area (Å²) >= 11 is 0. The Morgan fingerprint density at radius 3 is 2.88 bits per heavy atom. The first kappa shape index (κ1) is 15.6. The van der Waals surface area contributed by atoms with Crippen molar-refractivity contribution in [3.05, 3.63) is 30.0 Å². The van der Waals surface area contributed by atoms with Crippen molar-refractivity contribution < 1.29 is 18.9 Å². The molecule has 4 rings (SSSR count). The number of nitrogens with zero attached hydrogens (tertiary/aromatic N) is 4. The van der Waals surface area contributed by atoms with Gasteiger partial charge in [0.25, 0.3) is 5.91 Å². The number of rotatable bonds is 3. The van der Waals surface area contributed by atoms with Gasteiger partial charge in [0, 0.05) is 26.0 Å². The number of benzene rings is 1. The summed E-state index contributed by atoms with van der Waals surface area (Å²) in [5, 5.41) is 8.76. The molecular weight excluding hydrogens is 324 g/mol. The number of para-hydroxylation sites is 1. The monoisotopic (exact) mass is 342 g/mol. The van der Waals surface area contributed by atoms with Crippen molar-refractivity contribution in [2.24, 2.45) is 11.1 Å². The van der Waals surface area contributed by atoms with Crippen LogP contribution < -0.4 is 0 Å². The van der Waals surface area contributed by atoms with Crippen LogP contribution in [0.4, 0.5) is 0 Å². The minimum Gasteiger partial charge on any atom is -0.389 e. The Balaban J connectivity index is 1.46. The summed E-state index contributed by atoms with van der Waals surface area (Å²) in [6, 6.07) is 7.45. The minimum atomic E-state index is -0.253. The zero-order valence-corrected chi connectivity index (χ0v) is 14.0. The first-order valence-electron chi connectivity index (χ1n) is 8.11. The summed E-state index contributed by atoms with van der Waals surface area (Å²) in [5.74, 6) is -0.411. The lowest BCUT2D eigenvalue weighted by Gasteiger charge is -2.16. The normalized spacial score (nSPS) is 21.8. The van der Waals surface area contributed by atoms with Gasteiger partial charge in [-0.05, 0) is 12.1 Å². The van der Waals surface area contributed by atoms with Gasteiger partial charge in [-0.3, -0.25) is 9.59 Å². The fourth-order valence-corrected chi connectivity index (χ4v) is 3.29. The molecule has 25 heavy (non-hydrogen) atoms. The van der Waals surface area contributed by atoms with Crippen molar-refractivity contribution in [1.29, 1.82) is 0 Å². The highest BCUT2D eigenvalue weighted by Gasteiger charge is 2.46. The van der Waals surface area contributed by atoms with E-state index in [1.807, 2.05) is 24.3 Å². The molecule has 8 heteroatoms. The smallest absolute Gasteiger partial charge is 0.271 e. The minimum absolute atomic E-state index is 0.0614. The second kappa shape index (κ2) is 5.87. The average Bonchev–Trinajstić information content (AvgIpc) is 3.28. The molecule has 8 nitrogen and oxygen atoms in total. The van der Waals surface area contributed by atoms with Crippen molar-refractivity contribution in [2.45, 2.75) is 12.5 Å². The van der Waals surface area contributed by atoms with Crippen LogP contribution in [0.1, 0.15) is 5.69 Å². The van der Waals surface area contributed by atoms with Gasteiger partial charge in [0.05, 0.1) is 18.9 Å². The van der Waals surface area contributed by atoms with Gasteiger partial charge in [0.15, 0.2) is 17.4 Å². The van der Waals surface area contributed by atoms with E-state index in [9.17, 15) is 9.59 Å². The molecule has 130 valence electrons. The Morgan fingerprint density at radius 1 is 1.28 bits per heavy atom. The van der Waals surface area contributed by atoms with Gasteiger partial charge in [0.2, 0.25) is 5.91 Å². The molecule has 2 aromatic rings. The van der Waals surface area contributed by atoms with Crippen molar-refractivity contribution in [2.75, 3.05) is 27.2 Å². The molecule has 1 saturated heterocycles. The van der Waals surface area contributed by atoms with Crippen molar-refractivity contribution >= 4 is 28.5 Å². The van der Waals surface area contributed by atoms with Crippen molar-refractivity contribution in [1.82, 2.24) is 15.0 Å². The Morgan fingerprint density at radius 2 is 2.08 bits per heavy atom. The van der Waals surface area contributed by atoms with Crippen LogP contribution >= 0.6 is 0 Å². The maximum atomic E-state index is 12.7. The van der Waals surface area contributed by atoms with Gasteiger partial charge in [-0.2, -0.15) is 0 Å². The molecule has 0 spiro atoms. The summed E-state index contributed by atoms with van der Waals surface area (Å²) in [7, 11) is 3.34. The lowest BCUT2D eigenvalue weighted by molar-refractivity contribution is -0.130. The number of fused-ring (bicyclic) bond motifs is 2. The van der Waals surface area contributed by atoms with E-state index >= 15 is 0 Å². The highest BCUT2D eigenvalue weighted by molar-refractivity contribution is 6.40. The van der Waals surface area contributed by atoms with E-state index in [2.05, 4.69) is 10.3 Å². The van der Waals surface area contributed by atoms with E-state index in [0.29, 0.717) is 30.1 Å². The van der Waals surface area contributed by atoms with Crippen LogP contribution in [0.2, 0.25) is 0 Å². The van der Waals surface area contributed by atoms with Crippen LogP contribution in [-0.4, -0.2) is 65.8 Å². The SMILES string of the molecule is CN(C)C(=O)C1=NO[C@@H]2CN(C(=O)Cc3noc4ccccc34)C[C@H]12. The number of oxime groups is 1. The second-order valence-corrected chi connectivity index (χ2v) is 6.53. The highest BCUT2D eigenvalue weighted by Crippen LogP contribution is 2.28. The molecule has 0 radical (unpaired) electrons. The van der Waals surface area contributed by atoms with E-state index in [1.54, 1.807) is 19.0 Å². The molecule has 0 N–H and O–H groups in total. The fraction of sp³-hybridized carbons (Fsp3) is 0.412. The number of likely N-dealkylation sites (tertiary alicyclic amines) is 1. The summed E-state index contributed by atoms with van der Waals surface area (Å²) in [6.45, 7) is 0.852. The number of hydrogen-bond acceptors (Lipinski definition) is 6. The molecule has 0 unspecified atom stereocenters. The summed E-state index contributed by atoms with van der Waals surface area (Å²) in [4.78, 5) is 33.3. The van der Waals surface area contributed by atoms with Crippen molar-refractivity contribution in [3.8, 4) is 0 Å². The zero-order chi connectivity index (χ0) is 17.6. The van der Waals surface area contributed by atoms with E-state index in [1.165, 1.54) is 4.90 Å². The predicted octanol–water partition coefficient (Wildman–Crippen LogP) is 0.672. The van der Waals surface area contributed by atoms with Gasteiger partial charge < -0.3 is 19.2 Å². The van der Waals surface area contributed by atoms with Crippen LogP contribution in [0.3, 0.4) is 0 Å². The summed E-state index contributed by atoms with van der Waals surface area (Å²) in [6.07, 6.45) is -0.0956. The highest BCUT2D eigenvalue weighted by atomic mass is 16.6. The Kier molecular flexibility index (Phi) is 3.67. The van der Waals surface area contributed by atoms with Crippen LogP contribution in [0, 0.1) is 5.92 Å². The molecule has 2 aliphatic rings. The van der Waals surface area contributed by atoms with Gasteiger partial charge in [-0.1, -0.05) is 22.4 Å². The van der Waals surface area contributed by atoms with Gasteiger partial charge in [-0.25, -0.2) is 0 Å². The molecule has 1 aromatic heterocycles. The number of aromatic nitrogens is 1. The molecule has 3 heterocycles. The van der Waals surface area contributed by atoms with Gasteiger partial charge >= 0.3 is 0 Å². The quantitative estimate of drug-likeness (QED) is 0.818. The number of carbonyl (C=O) groups is 2. The topological polar surface area (TPSA) is 88.2 Å². The molecule has 0 saturated carbocycles. The molecule has 0 bridgehead atoms. The summed E-state index contributed by atoms with van der Waals surface area (Å²) < 4.78 is 5.25. The third-order valence-corrected chi connectivity index (χ3v) is 4.65. The molecule has 2 atom stereocenters. The van der Waals surface area contributed by atoms with Gasteiger partial charge in [0.1, 0.15) is 5.69 Å². The third-order valence-electron chi connectivity index (χ3n) is 4.65. The van der Waals surface area contributed by atoms with E-state index in [-0.39, 0.29) is 30.3 Å². The van der Waals surface area contributed by atoms with Crippen LogP contribution in [0.25, 0.3) is 11.0 Å². The lowest BCUT2D eigenvalue weighted by Crippen LogP contribution is -2.37. The molecule has 2 amide bonds. The van der Waals surface area contributed by atoms with Crippen LogP contribution in [0.5, 0.6) is 0 Å². The molecule has 2 aliphatic heterocycles. The molecule has 0 aliphatic carbocycles. The first-order valence-corrected chi connectivity index (χ1v) is 8.11. The maximum absolute atomic E-state index is 12.7. The fourth-order valence-electron chi connectivity index (χ4n) is 3.29. The molecule has 1 fully saturated rings. The Labute approximate surface area is 144 Å². The van der Waals surface area contributed by atoms with Crippen LogP contribution in [-0.2, 0) is 20.8 Å². The predicted molar refractivity (Wildman–Crippen MR) is 88.8 cm³/mol. The van der Waals surface area contributed by atoms with Crippen LogP contribution in [0.15, 0.2) is 33.9 Å². The Hall–Kier alpha value is -2.90. The standard InChI is InChI=1S/C17H18N4O4/c1-20(2)17(23)16-11-8-21(9-14(11)25-19-16)15(22)7-12-10-5-3-4-6-13(10)24-18-12/h3-6,11,14H,7-9H2,1-2H3/t11-,14+/m0/s1. The maximum Gasteiger partial charge on any atom is 0.271 e. The number of hydrogen-bond donors (Lipinski definition) is 0. The first-order chi connectivity index (χ1) is 12.0. The largest absolute Gasteiger partial charge is 0.389 e. The average molecular weight is 342 g/mol. The van der Waals surface area contributed by atoms with Gasteiger partial charge in [-0.15, -0.1) is 0 Å². The summed E-state index contributed by atoms with van der Waals surface area (Å²) in [5.41, 5.74) is 1.67.